The van der Waals surface area contributed by atoms with Gasteiger partial charge in [-0.05, 0) is 31.7 Å². The molecule has 1 amide bonds. The maximum atomic E-state index is 12.5. The molecule has 5 heteroatoms. The van der Waals surface area contributed by atoms with Gasteiger partial charge in [-0.25, -0.2) is 9.78 Å². The second kappa shape index (κ2) is 5.15. The molecule has 1 N–H and O–H groups in total. The summed E-state index contributed by atoms with van der Waals surface area (Å²) in [7, 11) is 0. The van der Waals surface area contributed by atoms with Crippen LogP contribution in [0.1, 0.15) is 50.3 Å². The average Bonchev–Trinajstić information content (AvgIpc) is 3.09. The molecule has 1 saturated heterocycles. The Balaban J connectivity index is 1.81. The van der Waals surface area contributed by atoms with E-state index < -0.39 is 0 Å². The highest BCUT2D eigenvalue weighted by Gasteiger charge is 2.35. The normalized spacial score (nSPS) is 24.0. The summed E-state index contributed by atoms with van der Waals surface area (Å²) in [6.07, 6.45) is 7.84. The Morgan fingerprint density at radius 1 is 1.26 bits per heavy atom. The Hall–Kier alpha value is -1.65. The van der Waals surface area contributed by atoms with Gasteiger partial charge in [-0.15, -0.1) is 0 Å². The zero-order valence-electron chi connectivity index (χ0n) is 11.0. The Labute approximate surface area is 112 Å². The van der Waals surface area contributed by atoms with Crippen molar-refractivity contribution in [2.45, 2.75) is 44.6 Å². The minimum absolute atomic E-state index is 0.0313. The number of hydrogen-bond acceptors (Lipinski definition) is 3. The van der Waals surface area contributed by atoms with E-state index in [0.29, 0.717) is 0 Å². The zero-order chi connectivity index (χ0) is 13.2. The van der Waals surface area contributed by atoms with Crippen LogP contribution in [-0.2, 0) is 4.79 Å². The average molecular weight is 261 g/mol. The van der Waals surface area contributed by atoms with Gasteiger partial charge in [0.15, 0.2) is 0 Å². The molecule has 0 bridgehead atoms. The van der Waals surface area contributed by atoms with Crippen LogP contribution in [0, 0.1) is 5.92 Å². The number of nitrogens with zero attached hydrogens (tertiary/aromatic N) is 2. The number of amides is 1. The van der Waals surface area contributed by atoms with Gasteiger partial charge in [0.05, 0.1) is 6.04 Å². The first-order chi connectivity index (χ1) is 9.25. The van der Waals surface area contributed by atoms with Gasteiger partial charge in [0.25, 0.3) is 0 Å². The van der Waals surface area contributed by atoms with Crippen molar-refractivity contribution in [3.8, 4) is 0 Å². The molecule has 1 aliphatic carbocycles. The van der Waals surface area contributed by atoms with Crippen LogP contribution in [0.4, 0.5) is 0 Å². The molecule has 1 saturated carbocycles. The number of rotatable bonds is 2. The second-order valence-electron chi connectivity index (χ2n) is 5.50. The number of carbonyl (C=O) groups excluding carboxylic acids is 1. The second-order valence-corrected chi connectivity index (χ2v) is 5.50. The lowest BCUT2D eigenvalue weighted by molar-refractivity contribution is -0.136. The monoisotopic (exact) mass is 261 g/mol. The largest absolute Gasteiger partial charge is 0.345 e. The molecule has 1 atom stereocenters. The maximum absolute atomic E-state index is 12.5. The summed E-state index contributed by atoms with van der Waals surface area (Å²) < 4.78 is 0. The number of hydrogen-bond donors (Lipinski definition) is 1. The molecule has 0 aromatic carbocycles. The van der Waals surface area contributed by atoms with E-state index in [1.807, 2.05) is 11.0 Å². The lowest BCUT2D eigenvalue weighted by Gasteiger charge is -2.27. The van der Waals surface area contributed by atoms with Crippen molar-refractivity contribution < 1.29 is 4.79 Å². The summed E-state index contributed by atoms with van der Waals surface area (Å²) in [4.78, 5) is 32.2. The molecule has 19 heavy (non-hydrogen) atoms. The van der Waals surface area contributed by atoms with Crippen molar-refractivity contribution in [1.29, 1.82) is 0 Å². The van der Waals surface area contributed by atoms with Crippen molar-refractivity contribution >= 4 is 5.91 Å². The van der Waals surface area contributed by atoms with E-state index in [1.165, 1.54) is 19.0 Å². The lowest BCUT2D eigenvalue weighted by Crippen LogP contribution is -2.35. The standard InChI is InChI=1S/C14H19N3O2/c18-13(10-4-1-2-5-10)17-9-3-6-12(17)11-7-8-15-14(19)16-11/h7-8,10,12H,1-6,9H2,(H,15,16,19)/t12-/m0/s1. The van der Waals surface area contributed by atoms with E-state index in [4.69, 9.17) is 0 Å². The van der Waals surface area contributed by atoms with Gasteiger partial charge >= 0.3 is 5.69 Å². The Bertz CT molecular complexity index is 519. The van der Waals surface area contributed by atoms with E-state index in [9.17, 15) is 9.59 Å². The fourth-order valence-electron chi connectivity index (χ4n) is 3.34. The summed E-state index contributed by atoms with van der Waals surface area (Å²) >= 11 is 0. The minimum Gasteiger partial charge on any atom is -0.334 e. The van der Waals surface area contributed by atoms with Gasteiger partial charge in [-0.1, -0.05) is 12.8 Å². The SMILES string of the molecule is O=C(C1CCCC1)N1CCC[C@H]1c1ccnc(=O)[nH]1. The predicted molar refractivity (Wildman–Crippen MR) is 70.5 cm³/mol. The van der Waals surface area contributed by atoms with Crippen molar-refractivity contribution in [3.63, 3.8) is 0 Å². The lowest BCUT2D eigenvalue weighted by atomic mass is 10.1. The molecule has 1 aromatic heterocycles. The summed E-state index contributed by atoms with van der Waals surface area (Å²) in [5.74, 6) is 0.479. The molecule has 0 radical (unpaired) electrons. The van der Waals surface area contributed by atoms with Gasteiger partial charge in [-0.2, -0.15) is 0 Å². The number of nitrogens with one attached hydrogen (secondary N) is 1. The first kappa shape index (κ1) is 12.4. The molecule has 102 valence electrons. The summed E-state index contributed by atoms with van der Waals surface area (Å²) in [5.41, 5.74) is 0.488. The van der Waals surface area contributed by atoms with Gasteiger partial charge in [0.1, 0.15) is 0 Å². The van der Waals surface area contributed by atoms with E-state index in [0.717, 1.165) is 37.9 Å². The smallest absolute Gasteiger partial charge is 0.334 e. The molecule has 1 aromatic rings. The van der Waals surface area contributed by atoms with Crippen LogP contribution < -0.4 is 5.69 Å². The quantitative estimate of drug-likeness (QED) is 0.879. The van der Waals surface area contributed by atoms with E-state index in [-0.39, 0.29) is 23.6 Å². The highest BCUT2D eigenvalue weighted by Crippen LogP contribution is 2.35. The van der Waals surface area contributed by atoms with Crippen LogP contribution in [0.2, 0.25) is 0 Å². The first-order valence-electron chi connectivity index (χ1n) is 7.11. The van der Waals surface area contributed by atoms with Crippen LogP contribution in [0.15, 0.2) is 17.1 Å². The first-order valence-corrected chi connectivity index (χ1v) is 7.11. The molecule has 2 fully saturated rings. The van der Waals surface area contributed by atoms with Gasteiger partial charge in [0.2, 0.25) is 5.91 Å². The zero-order valence-corrected chi connectivity index (χ0v) is 11.0. The molecule has 2 heterocycles. The van der Waals surface area contributed by atoms with Crippen LogP contribution in [0.3, 0.4) is 0 Å². The summed E-state index contributed by atoms with van der Waals surface area (Å²) in [6, 6.07) is 1.84. The molecule has 0 unspecified atom stereocenters. The fraction of sp³-hybridized carbons (Fsp3) is 0.643. The third-order valence-electron chi connectivity index (χ3n) is 4.30. The predicted octanol–water partition coefficient (Wildman–Crippen LogP) is 1.62. The van der Waals surface area contributed by atoms with Crippen molar-refractivity contribution in [1.82, 2.24) is 14.9 Å². The molecule has 5 nitrogen and oxygen atoms in total. The van der Waals surface area contributed by atoms with Crippen LogP contribution in [-0.4, -0.2) is 27.3 Å². The number of aromatic amines is 1. The minimum atomic E-state index is -0.335. The third kappa shape index (κ3) is 2.41. The third-order valence-corrected chi connectivity index (χ3v) is 4.30. The van der Waals surface area contributed by atoms with E-state index in [1.54, 1.807) is 0 Å². The van der Waals surface area contributed by atoms with Crippen molar-refractivity contribution in [2.24, 2.45) is 5.92 Å². The summed E-state index contributed by atoms with van der Waals surface area (Å²) in [6.45, 7) is 0.810. The number of likely N-dealkylation sites (tertiary alicyclic amines) is 1. The maximum Gasteiger partial charge on any atom is 0.345 e. The molecular weight excluding hydrogens is 242 g/mol. The highest BCUT2D eigenvalue weighted by atomic mass is 16.2. The van der Waals surface area contributed by atoms with Crippen LogP contribution in [0.25, 0.3) is 0 Å². The summed E-state index contributed by atoms with van der Waals surface area (Å²) in [5, 5.41) is 0. The van der Waals surface area contributed by atoms with Crippen molar-refractivity contribution in [3.05, 3.63) is 28.4 Å². The van der Waals surface area contributed by atoms with Crippen molar-refractivity contribution in [2.75, 3.05) is 6.54 Å². The van der Waals surface area contributed by atoms with E-state index in [2.05, 4.69) is 9.97 Å². The number of carbonyl (C=O) groups is 1. The number of aromatic nitrogens is 2. The molecule has 0 spiro atoms. The highest BCUT2D eigenvalue weighted by molar-refractivity contribution is 5.79. The van der Waals surface area contributed by atoms with Crippen LogP contribution in [0.5, 0.6) is 0 Å². The van der Waals surface area contributed by atoms with E-state index >= 15 is 0 Å². The van der Waals surface area contributed by atoms with Gasteiger partial charge < -0.3 is 9.88 Å². The Kier molecular flexibility index (Phi) is 3.36. The molecule has 3 rings (SSSR count). The van der Waals surface area contributed by atoms with Crippen LogP contribution >= 0.6 is 0 Å². The molecule has 2 aliphatic rings. The van der Waals surface area contributed by atoms with Gasteiger partial charge in [0, 0.05) is 24.4 Å². The molecule has 1 aliphatic heterocycles. The Morgan fingerprint density at radius 2 is 2.05 bits per heavy atom. The topological polar surface area (TPSA) is 66.1 Å². The van der Waals surface area contributed by atoms with Gasteiger partial charge in [-0.3, -0.25) is 4.79 Å². The molecular formula is C14H19N3O2. The number of H-pyrrole nitrogens is 1. The fourth-order valence-corrected chi connectivity index (χ4v) is 3.34. The Morgan fingerprint density at radius 3 is 2.79 bits per heavy atom.